The van der Waals surface area contributed by atoms with Crippen molar-refractivity contribution in [2.45, 2.75) is 13.0 Å². The van der Waals surface area contributed by atoms with E-state index < -0.39 is 0 Å². The number of amides is 2. The molecule has 1 fully saturated rings. The summed E-state index contributed by atoms with van der Waals surface area (Å²) in [7, 11) is 0. The number of carbonyl (C=O) groups excluding carboxylic acids is 2. The number of carbonyl (C=O) groups is 2. The van der Waals surface area contributed by atoms with E-state index in [1.807, 2.05) is 6.07 Å². The van der Waals surface area contributed by atoms with Gasteiger partial charge in [-0.15, -0.1) is 0 Å². The maximum atomic E-state index is 12.1. The molecule has 1 aliphatic heterocycles. The first-order chi connectivity index (χ1) is 12.0. The van der Waals surface area contributed by atoms with Crippen LogP contribution in [0.2, 0.25) is 10.0 Å². The van der Waals surface area contributed by atoms with Crippen LogP contribution in [-0.2, 0) is 11.3 Å². The summed E-state index contributed by atoms with van der Waals surface area (Å²) < 4.78 is 1.66. The number of nitrogens with one attached hydrogen (secondary N) is 1. The van der Waals surface area contributed by atoms with Gasteiger partial charge in [0.05, 0.1) is 12.7 Å². The lowest BCUT2D eigenvalue weighted by Crippen LogP contribution is -2.28. The SMILES string of the molecule is O=C(CCN1CCSC1=O)Nc1ccnn1Cc1ccc(Cl)cc1Cl. The number of aromatic nitrogens is 2. The first-order valence-corrected chi connectivity index (χ1v) is 9.44. The number of nitrogens with zero attached hydrogens (tertiary/aromatic N) is 3. The monoisotopic (exact) mass is 398 g/mol. The maximum Gasteiger partial charge on any atom is 0.281 e. The van der Waals surface area contributed by atoms with Crippen molar-refractivity contribution in [3.8, 4) is 0 Å². The Hall–Kier alpha value is -1.70. The molecular weight excluding hydrogens is 383 g/mol. The van der Waals surface area contributed by atoms with Crippen molar-refractivity contribution >= 4 is 51.9 Å². The van der Waals surface area contributed by atoms with Crippen LogP contribution < -0.4 is 5.32 Å². The van der Waals surface area contributed by atoms with E-state index in [-0.39, 0.29) is 17.6 Å². The zero-order chi connectivity index (χ0) is 17.8. The summed E-state index contributed by atoms with van der Waals surface area (Å²) in [6.07, 6.45) is 1.86. The number of hydrogen-bond donors (Lipinski definition) is 1. The van der Waals surface area contributed by atoms with E-state index in [4.69, 9.17) is 23.2 Å². The Kier molecular flexibility index (Phi) is 5.88. The summed E-state index contributed by atoms with van der Waals surface area (Å²) in [6.45, 7) is 1.54. The summed E-state index contributed by atoms with van der Waals surface area (Å²) in [4.78, 5) is 25.4. The Bertz CT molecular complexity index is 796. The second-order valence-electron chi connectivity index (χ2n) is 5.51. The van der Waals surface area contributed by atoms with Crippen molar-refractivity contribution in [1.29, 1.82) is 0 Å². The van der Waals surface area contributed by atoms with E-state index in [0.717, 1.165) is 11.3 Å². The highest BCUT2D eigenvalue weighted by molar-refractivity contribution is 8.13. The minimum Gasteiger partial charge on any atom is -0.332 e. The summed E-state index contributed by atoms with van der Waals surface area (Å²) in [5.41, 5.74) is 0.852. The van der Waals surface area contributed by atoms with E-state index >= 15 is 0 Å². The molecule has 0 unspecified atom stereocenters. The number of benzene rings is 1. The van der Waals surface area contributed by atoms with Gasteiger partial charge >= 0.3 is 0 Å². The molecule has 0 saturated carbocycles. The van der Waals surface area contributed by atoms with E-state index in [1.54, 1.807) is 34.0 Å². The lowest BCUT2D eigenvalue weighted by molar-refractivity contribution is -0.116. The van der Waals surface area contributed by atoms with Gasteiger partial charge in [-0.25, -0.2) is 4.68 Å². The molecule has 0 spiro atoms. The second-order valence-corrected chi connectivity index (χ2v) is 7.40. The van der Waals surface area contributed by atoms with Gasteiger partial charge in [-0.1, -0.05) is 41.0 Å². The molecule has 2 amide bonds. The Morgan fingerprint density at radius 1 is 1.32 bits per heavy atom. The van der Waals surface area contributed by atoms with Crippen molar-refractivity contribution in [2.24, 2.45) is 0 Å². The topological polar surface area (TPSA) is 67.2 Å². The predicted octanol–water partition coefficient (Wildman–Crippen LogP) is 3.74. The molecule has 0 aliphatic carbocycles. The van der Waals surface area contributed by atoms with Crippen molar-refractivity contribution in [2.75, 3.05) is 24.2 Å². The molecule has 0 atom stereocenters. The number of hydrogen-bond acceptors (Lipinski definition) is 4. The average Bonchev–Trinajstić information content (AvgIpc) is 3.17. The van der Waals surface area contributed by atoms with Crippen molar-refractivity contribution in [3.63, 3.8) is 0 Å². The highest BCUT2D eigenvalue weighted by atomic mass is 35.5. The van der Waals surface area contributed by atoms with Gasteiger partial charge in [-0.05, 0) is 17.7 Å². The first kappa shape index (κ1) is 18.1. The number of anilines is 1. The summed E-state index contributed by atoms with van der Waals surface area (Å²) in [5.74, 6) is 1.21. The smallest absolute Gasteiger partial charge is 0.281 e. The fourth-order valence-electron chi connectivity index (χ4n) is 2.45. The molecular formula is C16H16Cl2N4O2S. The minimum absolute atomic E-state index is 0.0372. The van der Waals surface area contributed by atoms with Gasteiger partial charge in [0, 0.05) is 41.4 Å². The highest BCUT2D eigenvalue weighted by Gasteiger charge is 2.21. The van der Waals surface area contributed by atoms with Crippen LogP contribution in [0.25, 0.3) is 0 Å². The van der Waals surface area contributed by atoms with E-state index in [1.165, 1.54) is 11.8 Å². The molecule has 1 aromatic heterocycles. The van der Waals surface area contributed by atoms with E-state index in [2.05, 4.69) is 10.4 Å². The standard InChI is InChI=1S/C16H16Cl2N4O2S/c17-12-2-1-11(13(18)9-12)10-22-14(3-5-19-22)20-15(23)4-6-21-7-8-25-16(21)24/h1-3,5,9H,4,6-8,10H2,(H,20,23). The van der Waals surface area contributed by atoms with Crippen LogP contribution in [0, 0.1) is 0 Å². The molecule has 0 radical (unpaired) electrons. The lowest BCUT2D eigenvalue weighted by Gasteiger charge is -2.14. The average molecular weight is 399 g/mol. The summed E-state index contributed by atoms with van der Waals surface area (Å²) in [5, 5.41) is 8.20. The third-order valence-electron chi connectivity index (χ3n) is 3.77. The molecule has 1 aliphatic rings. The third-order valence-corrected chi connectivity index (χ3v) is 5.25. The van der Waals surface area contributed by atoms with Crippen LogP contribution in [-0.4, -0.2) is 44.7 Å². The molecule has 1 aromatic carbocycles. The molecule has 6 nitrogen and oxygen atoms in total. The molecule has 0 bridgehead atoms. The van der Waals surface area contributed by atoms with Crippen LogP contribution in [0.3, 0.4) is 0 Å². The Morgan fingerprint density at radius 2 is 2.16 bits per heavy atom. The molecule has 1 saturated heterocycles. The van der Waals surface area contributed by atoms with Gasteiger partial charge in [0.15, 0.2) is 0 Å². The Labute approximate surface area is 159 Å². The highest BCUT2D eigenvalue weighted by Crippen LogP contribution is 2.23. The quantitative estimate of drug-likeness (QED) is 0.804. The minimum atomic E-state index is -0.159. The van der Waals surface area contributed by atoms with Crippen molar-refractivity contribution in [1.82, 2.24) is 14.7 Å². The Morgan fingerprint density at radius 3 is 2.88 bits per heavy atom. The van der Waals surface area contributed by atoms with Gasteiger partial charge in [0.1, 0.15) is 5.82 Å². The van der Waals surface area contributed by atoms with Gasteiger partial charge in [0.25, 0.3) is 5.24 Å². The van der Waals surface area contributed by atoms with Crippen molar-refractivity contribution < 1.29 is 9.59 Å². The number of halogens is 2. The number of rotatable bonds is 6. The fraction of sp³-hybridized carbons (Fsp3) is 0.312. The molecule has 132 valence electrons. The molecule has 1 N–H and O–H groups in total. The maximum absolute atomic E-state index is 12.1. The van der Waals surface area contributed by atoms with Crippen LogP contribution in [0.4, 0.5) is 10.6 Å². The molecule has 2 aromatic rings. The lowest BCUT2D eigenvalue weighted by atomic mass is 10.2. The zero-order valence-corrected chi connectivity index (χ0v) is 15.6. The molecule has 9 heteroatoms. The third kappa shape index (κ3) is 4.68. The van der Waals surface area contributed by atoms with E-state index in [0.29, 0.717) is 35.5 Å². The van der Waals surface area contributed by atoms with E-state index in [9.17, 15) is 9.59 Å². The zero-order valence-electron chi connectivity index (χ0n) is 13.2. The molecule has 3 rings (SSSR count). The van der Waals surface area contributed by atoms with Crippen molar-refractivity contribution in [3.05, 3.63) is 46.1 Å². The normalized spacial score (nSPS) is 14.2. The van der Waals surface area contributed by atoms with Crippen LogP contribution >= 0.6 is 35.0 Å². The van der Waals surface area contributed by atoms with Crippen LogP contribution in [0.5, 0.6) is 0 Å². The van der Waals surface area contributed by atoms with Crippen LogP contribution in [0.1, 0.15) is 12.0 Å². The van der Waals surface area contributed by atoms with Gasteiger partial charge in [-0.3, -0.25) is 9.59 Å². The van der Waals surface area contributed by atoms with Gasteiger partial charge in [0.2, 0.25) is 5.91 Å². The molecule has 2 heterocycles. The Balaban J connectivity index is 1.59. The first-order valence-electron chi connectivity index (χ1n) is 7.70. The van der Waals surface area contributed by atoms with Crippen LogP contribution in [0.15, 0.2) is 30.5 Å². The molecule has 25 heavy (non-hydrogen) atoms. The van der Waals surface area contributed by atoms with Gasteiger partial charge in [-0.2, -0.15) is 5.10 Å². The predicted molar refractivity (Wildman–Crippen MR) is 100 cm³/mol. The fourth-order valence-corrected chi connectivity index (χ4v) is 3.77. The summed E-state index contributed by atoms with van der Waals surface area (Å²) >= 11 is 13.4. The largest absolute Gasteiger partial charge is 0.332 e. The summed E-state index contributed by atoms with van der Waals surface area (Å²) in [6, 6.07) is 6.98. The van der Waals surface area contributed by atoms with Gasteiger partial charge < -0.3 is 10.2 Å². The second kappa shape index (κ2) is 8.12. The number of thioether (sulfide) groups is 1.